The van der Waals surface area contributed by atoms with Crippen molar-refractivity contribution in [3.8, 4) is 5.75 Å². The number of benzene rings is 1. The second-order valence-electron chi connectivity index (χ2n) is 5.84. The number of hydrogen-bond acceptors (Lipinski definition) is 3. The van der Waals surface area contributed by atoms with E-state index in [0.717, 1.165) is 44.8 Å². The lowest BCUT2D eigenvalue weighted by Crippen LogP contribution is -2.34. The molecule has 1 saturated heterocycles. The monoisotopic (exact) mass is 304 g/mol. The van der Waals surface area contributed by atoms with Gasteiger partial charge in [0.05, 0.1) is 6.61 Å². The molecule has 1 N–H and O–H groups in total. The molecule has 0 bridgehead atoms. The topological polar surface area (TPSA) is 30.5 Å². The van der Waals surface area contributed by atoms with Crippen LogP contribution in [0.5, 0.6) is 5.75 Å². The number of aryl methyl sites for hydroxylation is 1. The third kappa shape index (κ3) is 6.37. The standard InChI is InChI=1S/C19H30NO2/c1-2-22-19-13-4-3-9-17(19)10-7-15-21-16-8-12-18-11-5-6-14-20-18/h3-4,9,11,13,18,20H,2,5-8,10,12,14-16H2,1H3. The van der Waals surface area contributed by atoms with E-state index in [-0.39, 0.29) is 0 Å². The molecule has 1 unspecified atom stereocenters. The van der Waals surface area contributed by atoms with Gasteiger partial charge in [-0.05, 0) is 70.0 Å². The molecule has 1 radical (unpaired) electrons. The first-order valence-corrected chi connectivity index (χ1v) is 8.75. The Kier molecular flexibility index (Phi) is 8.36. The van der Waals surface area contributed by atoms with Crippen molar-refractivity contribution in [3.63, 3.8) is 0 Å². The molecule has 0 spiro atoms. The van der Waals surface area contributed by atoms with Crippen LogP contribution in [0.25, 0.3) is 0 Å². The first-order valence-electron chi connectivity index (χ1n) is 8.75. The van der Waals surface area contributed by atoms with Crippen LogP contribution in [-0.2, 0) is 11.2 Å². The van der Waals surface area contributed by atoms with Gasteiger partial charge in [-0.25, -0.2) is 0 Å². The van der Waals surface area contributed by atoms with E-state index in [4.69, 9.17) is 9.47 Å². The minimum absolute atomic E-state index is 0.607. The molecule has 2 rings (SSSR count). The number of nitrogens with one attached hydrogen (secondary N) is 1. The van der Waals surface area contributed by atoms with Crippen LogP contribution in [0.2, 0.25) is 0 Å². The Labute approximate surface area is 135 Å². The van der Waals surface area contributed by atoms with Gasteiger partial charge in [0.25, 0.3) is 0 Å². The minimum atomic E-state index is 0.607. The van der Waals surface area contributed by atoms with Crippen molar-refractivity contribution in [3.05, 3.63) is 36.2 Å². The summed E-state index contributed by atoms with van der Waals surface area (Å²) in [5.41, 5.74) is 1.29. The molecule has 1 atom stereocenters. The van der Waals surface area contributed by atoms with E-state index < -0.39 is 0 Å². The summed E-state index contributed by atoms with van der Waals surface area (Å²) < 4.78 is 11.4. The first-order chi connectivity index (χ1) is 10.9. The predicted octanol–water partition coefficient (Wildman–Crippen LogP) is 3.77. The Morgan fingerprint density at radius 3 is 2.86 bits per heavy atom. The quantitative estimate of drug-likeness (QED) is 0.667. The van der Waals surface area contributed by atoms with Crippen LogP contribution in [-0.4, -0.2) is 32.4 Å². The number of para-hydroxylation sites is 1. The molecule has 0 amide bonds. The van der Waals surface area contributed by atoms with Gasteiger partial charge in [0, 0.05) is 19.3 Å². The van der Waals surface area contributed by atoms with Crippen LogP contribution >= 0.6 is 0 Å². The van der Waals surface area contributed by atoms with Gasteiger partial charge in [-0.3, -0.25) is 0 Å². The third-order valence-corrected chi connectivity index (χ3v) is 4.05. The van der Waals surface area contributed by atoms with Crippen LogP contribution < -0.4 is 10.1 Å². The fraction of sp³-hybridized carbons (Fsp3) is 0.632. The van der Waals surface area contributed by atoms with Crippen molar-refractivity contribution in [2.75, 3.05) is 26.4 Å². The van der Waals surface area contributed by atoms with Crippen LogP contribution in [0.1, 0.15) is 44.6 Å². The molecule has 1 heterocycles. The summed E-state index contributed by atoms with van der Waals surface area (Å²) in [7, 11) is 0. The van der Waals surface area contributed by atoms with E-state index in [9.17, 15) is 0 Å². The Morgan fingerprint density at radius 1 is 1.18 bits per heavy atom. The van der Waals surface area contributed by atoms with E-state index in [1.807, 2.05) is 19.1 Å². The van der Waals surface area contributed by atoms with Crippen molar-refractivity contribution in [2.45, 2.75) is 51.5 Å². The number of ether oxygens (including phenoxy) is 2. The van der Waals surface area contributed by atoms with Crippen molar-refractivity contribution in [2.24, 2.45) is 0 Å². The maximum Gasteiger partial charge on any atom is 0.122 e. The van der Waals surface area contributed by atoms with Crippen LogP contribution in [0.4, 0.5) is 0 Å². The van der Waals surface area contributed by atoms with Gasteiger partial charge >= 0.3 is 0 Å². The maximum absolute atomic E-state index is 5.76. The summed E-state index contributed by atoms with van der Waals surface area (Å²) in [6.45, 7) is 5.63. The van der Waals surface area contributed by atoms with Crippen LogP contribution in [0.3, 0.4) is 0 Å². The first kappa shape index (κ1) is 17.3. The normalized spacial score (nSPS) is 18.3. The van der Waals surface area contributed by atoms with Gasteiger partial charge in [-0.2, -0.15) is 0 Å². The van der Waals surface area contributed by atoms with Crippen LogP contribution in [0, 0.1) is 6.42 Å². The van der Waals surface area contributed by atoms with E-state index in [1.165, 1.54) is 31.4 Å². The third-order valence-electron chi connectivity index (χ3n) is 4.05. The Balaban J connectivity index is 1.52. The lowest BCUT2D eigenvalue weighted by Gasteiger charge is -2.22. The maximum atomic E-state index is 5.76. The second kappa shape index (κ2) is 10.6. The fourth-order valence-electron chi connectivity index (χ4n) is 2.89. The van der Waals surface area contributed by atoms with Crippen molar-refractivity contribution in [1.82, 2.24) is 5.32 Å². The molecule has 1 aliphatic heterocycles. The number of piperidine rings is 1. The molecule has 1 aliphatic rings. The van der Waals surface area contributed by atoms with E-state index in [2.05, 4.69) is 23.9 Å². The summed E-state index contributed by atoms with van der Waals surface area (Å²) in [6, 6.07) is 8.91. The molecular formula is C19H30NO2. The Morgan fingerprint density at radius 2 is 2.05 bits per heavy atom. The average Bonchev–Trinajstić information content (AvgIpc) is 2.56. The van der Waals surface area contributed by atoms with E-state index in [0.29, 0.717) is 6.04 Å². The highest BCUT2D eigenvalue weighted by Gasteiger charge is 2.11. The van der Waals surface area contributed by atoms with Gasteiger partial charge in [-0.15, -0.1) is 0 Å². The average molecular weight is 304 g/mol. The van der Waals surface area contributed by atoms with E-state index >= 15 is 0 Å². The lowest BCUT2D eigenvalue weighted by molar-refractivity contribution is 0.126. The minimum Gasteiger partial charge on any atom is -0.494 e. The molecule has 3 nitrogen and oxygen atoms in total. The largest absolute Gasteiger partial charge is 0.494 e. The molecular weight excluding hydrogens is 274 g/mol. The zero-order valence-electron chi connectivity index (χ0n) is 13.9. The van der Waals surface area contributed by atoms with E-state index in [1.54, 1.807) is 0 Å². The Bertz CT molecular complexity index is 402. The molecule has 3 heteroatoms. The molecule has 1 fully saturated rings. The van der Waals surface area contributed by atoms with Crippen LogP contribution in [0.15, 0.2) is 24.3 Å². The Hall–Kier alpha value is -1.06. The van der Waals surface area contributed by atoms with Gasteiger partial charge in [0.15, 0.2) is 0 Å². The highest BCUT2D eigenvalue weighted by molar-refractivity contribution is 5.33. The number of rotatable bonds is 10. The van der Waals surface area contributed by atoms with Gasteiger partial charge in [0.1, 0.15) is 5.75 Å². The summed E-state index contributed by atoms with van der Waals surface area (Å²) in [4.78, 5) is 0. The highest BCUT2D eigenvalue weighted by atomic mass is 16.5. The SMILES string of the molecule is CCOc1ccccc1CCCOCCCC1[CH]CCCN1. The fourth-order valence-corrected chi connectivity index (χ4v) is 2.89. The van der Waals surface area contributed by atoms with Crippen molar-refractivity contribution in [1.29, 1.82) is 0 Å². The zero-order valence-corrected chi connectivity index (χ0v) is 13.9. The smallest absolute Gasteiger partial charge is 0.122 e. The van der Waals surface area contributed by atoms with Gasteiger partial charge < -0.3 is 14.8 Å². The number of hydrogen-bond donors (Lipinski definition) is 1. The molecule has 22 heavy (non-hydrogen) atoms. The predicted molar refractivity (Wildman–Crippen MR) is 91.3 cm³/mol. The molecule has 1 aromatic rings. The zero-order chi connectivity index (χ0) is 15.5. The van der Waals surface area contributed by atoms with Gasteiger partial charge in [-0.1, -0.05) is 18.2 Å². The summed E-state index contributed by atoms with van der Waals surface area (Å²) in [5.74, 6) is 1.02. The summed E-state index contributed by atoms with van der Waals surface area (Å²) in [5, 5.41) is 3.54. The second-order valence-corrected chi connectivity index (χ2v) is 5.84. The summed E-state index contributed by atoms with van der Waals surface area (Å²) in [6.07, 6.45) is 9.38. The van der Waals surface area contributed by atoms with Crippen molar-refractivity contribution < 1.29 is 9.47 Å². The molecule has 0 aliphatic carbocycles. The lowest BCUT2D eigenvalue weighted by atomic mass is 10.0. The van der Waals surface area contributed by atoms with Gasteiger partial charge in [0.2, 0.25) is 0 Å². The van der Waals surface area contributed by atoms with Crippen molar-refractivity contribution >= 4 is 0 Å². The highest BCUT2D eigenvalue weighted by Crippen LogP contribution is 2.19. The molecule has 123 valence electrons. The molecule has 0 aromatic heterocycles. The summed E-state index contributed by atoms with van der Waals surface area (Å²) >= 11 is 0. The molecule has 1 aromatic carbocycles. The molecule has 0 saturated carbocycles.